The van der Waals surface area contributed by atoms with Crippen LogP contribution in [-0.2, 0) is 14.8 Å². The average Bonchev–Trinajstić information content (AvgIpc) is 2.69. The van der Waals surface area contributed by atoms with E-state index >= 15 is 0 Å². The number of aryl methyl sites for hydroxylation is 1. The maximum Gasteiger partial charge on any atom is 0.240 e. The van der Waals surface area contributed by atoms with Crippen molar-refractivity contribution in [3.8, 4) is 5.75 Å². The number of hydrogen-bond donors (Lipinski definition) is 1. The first-order chi connectivity index (χ1) is 13.0. The predicted molar refractivity (Wildman–Crippen MR) is 104 cm³/mol. The van der Waals surface area contributed by atoms with Crippen molar-refractivity contribution in [3.05, 3.63) is 59.7 Å². The Kier molecular flexibility index (Phi) is 6.49. The van der Waals surface area contributed by atoms with Crippen LogP contribution in [-0.4, -0.2) is 53.3 Å². The Morgan fingerprint density at radius 3 is 2.48 bits per heavy atom. The van der Waals surface area contributed by atoms with Crippen LogP contribution in [0.1, 0.15) is 17.2 Å². The van der Waals surface area contributed by atoms with E-state index < -0.39 is 10.0 Å². The van der Waals surface area contributed by atoms with Crippen LogP contribution in [0.25, 0.3) is 0 Å². The lowest BCUT2D eigenvalue weighted by molar-refractivity contribution is 0.0167. The summed E-state index contributed by atoms with van der Waals surface area (Å²) in [5, 5.41) is 0. The molecule has 0 saturated carbocycles. The molecule has 1 saturated heterocycles. The molecular formula is C20H26N2O4S. The third-order valence-electron chi connectivity index (χ3n) is 4.83. The van der Waals surface area contributed by atoms with Crippen molar-refractivity contribution in [2.45, 2.75) is 17.9 Å². The fourth-order valence-corrected chi connectivity index (χ4v) is 4.67. The molecule has 0 amide bonds. The van der Waals surface area contributed by atoms with Crippen molar-refractivity contribution in [1.29, 1.82) is 0 Å². The number of nitrogens with one attached hydrogen (secondary N) is 1. The molecule has 2 aromatic carbocycles. The fraction of sp³-hybridized carbons (Fsp3) is 0.400. The second-order valence-electron chi connectivity index (χ2n) is 6.52. The molecule has 3 rings (SSSR count). The van der Waals surface area contributed by atoms with Crippen molar-refractivity contribution < 1.29 is 17.9 Å². The summed E-state index contributed by atoms with van der Waals surface area (Å²) in [5.41, 5.74) is 1.69. The topological polar surface area (TPSA) is 67.9 Å². The number of nitrogens with zero attached hydrogens (tertiary/aromatic N) is 1. The lowest BCUT2D eigenvalue weighted by Crippen LogP contribution is -2.44. The minimum atomic E-state index is -3.60. The summed E-state index contributed by atoms with van der Waals surface area (Å²) in [4.78, 5) is 2.55. The van der Waals surface area contributed by atoms with Crippen LogP contribution in [0.3, 0.4) is 0 Å². The summed E-state index contributed by atoms with van der Waals surface area (Å²) in [7, 11) is -1.97. The van der Waals surface area contributed by atoms with Crippen LogP contribution in [0, 0.1) is 6.92 Å². The minimum Gasteiger partial charge on any atom is -0.496 e. The van der Waals surface area contributed by atoms with Crippen LogP contribution in [0.15, 0.2) is 53.4 Å². The van der Waals surface area contributed by atoms with Crippen molar-refractivity contribution in [2.24, 2.45) is 0 Å². The Hall–Kier alpha value is -1.93. The van der Waals surface area contributed by atoms with Gasteiger partial charge in [-0.25, -0.2) is 13.1 Å². The molecule has 1 fully saturated rings. The van der Waals surface area contributed by atoms with Crippen LogP contribution >= 0.6 is 0 Å². The van der Waals surface area contributed by atoms with Gasteiger partial charge in [0.05, 0.1) is 31.3 Å². The van der Waals surface area contributed by atoms with Crippen LogP contribution in [0.2, 0.25) is 0 Å². The van der Waals surface area contributed by atoms with Gasteiger partial charge >= 0.3 is 0 Å². The second-order valence-corrected chi connectivity index (χ2v) is 8.26. The smallest absolute Gasteiger partial charge is 0.240 e. The van der Waals surface area contributed by atoms with Gasteiger partial charge in [-0.1, -0.05) is 36.4 Å². The quantitative estimate of drug-likeness (QED) is 0.786. The molecule has 0 radical (unpaired) electrons. The normalized spacial score (nSPS) is 16.8. The van der Waals surface area contributed by atoms with Crippen molar-refractivity contribution in [1.82, 2.24) is 9.62 Å². The number of para-hydroxylation sites is 1. The molecule has 1 aliphatic heterocycles. The van der Waals surface area contributed by atoms with E-state index in [1.54, 1.807) is 32.2 Å². The van der Waals surface area contributed by atoms with Crippen molar-refractivity contribution in [2.75, 3.05) is 40.0 Å². The number of morpholine rings is 1. The van der Waals surface area contributed by atoms with E-state index in [1.165, 1.54) is 0 Å². The summed E-state index contributed by atoms with van der Waals surface area (Å²) in [6.07, 6.45) is 0. The van der Waals surface area contributed by atoms with Gasteiger partial charge < -0.3 is 9.47 Å². The molecule has 1 aliphatic rings. The van der Waals surface area contributed by atoms with E-state index in [9.17, 15) is 8.42 Å². The third kappa shape index (κ3) is 4.68. The van der Waals surface area contributed by atoms with Gasteiger partial charge in [-0.05, 0) is 24.6 Å². The van der Waals surface area contributed by atoms with Gasteiger partial charge in [0.15, 0.2) is 0 Å². The Bertz CT molecular complexity index is 864. The molecule has 0 aliphatic carbocycles. The summed E-state index contributed by atoms with van der Waals surface area (Å²) >= 11 is 0. The molecule has 0 bridgehead atoms. The maximum absolute atomic E-state index is 12.8. The van der Waals surface area contributed by atoms with Gasteiger partial charge in [0, 0.05) is 25.2 Å². The van der Waals surface area contributed by atoms with Gasteiger partial charge in [0.2, 0.25) is 10.0 Å². The second kappa shape index (κ2) is 8.84. The van der Waals surface area contributed by atoms with Crippen LogP contribution in [0.4, 0.5) is 0 Å². The molecule has 1 atom stereocenters. The summed E-state index contributed by atoms with van der Waals surface area (Å²) in [5.74, 6) is 0.754. The lowest BCUT2D eigenvalue weighted by atomic mass is 10.0. The summed E-state index contributed by atoms with van der Waals surface area (Å²) < 4.78 is 39.5. The zero-order chi connectivity index (χ0) is 19.3. The highest BCUT2D eigenvalue weighted by molar-refractivity contribution is 7.89. The Balaban J connectivity index is 1.86. The maximum atomic E-state index is 12.8. The zero-order valence-electron chi connectivity index (χ0n) is 15.7. The van der Waals surface area contributed by atoms with E-state index in [1.807, 2.05) is 30.3 Å². The van der Waals surface area contributed by atoms with Gasteiger partial charge in [-0.3, -0.25) is 4.90 Å². The number of methoxy groups -OCH3 is 1. The van der Waals surface area contributed by atoms with E-state index in [4.69, 9.17) is 9.47 Å². The summed E-state index contributed by atoms with van der Waals surface area (Å²) in [6, 6.07) is 14.6. The first kappa shape index (κ1) is 19.8. The highest BCUT2D eigenvalue weighted by atomic mass is 32.2. The monoisotopic (exact) mass is 390 g/mol. The fourth-order valence-electron chi connectivity index (χ4n) is 3.39. The van der Waals surface area contributed by atoms with E-state index in [0.29, 0.717) is 18.1 Å². The first-order valence-electron chi connectivity index (χ1n) is 9.03. The molecule has 0 spiro atoms. The molecule has 2 aromatic rings. The largest absolute Gasteiger partial charge is 0.496 e. The molecule has 1 heterocycles. The van der Waals surface area contributed by atoms with Gasteiger partial charge in [0.25, 0.3) is 0 Å². The Morgan fingerprint density at radius 2 is 1.78 bits per heavy atom. The molecular weight excluding hydrogens is 364 g/mol. The van der Waals surface area contributed by atoms with Gasteiger partial charge in [-0.2, -0.15) is 0 Å². The standard InChI is InChI=1S/C20H26N2O4S/c1-16-7-3-6-10-20(16)27(23,24)21-15-18(22-11-13-26-14-12-22)17-8-4-5-9-19(17)25-2/h3-10,18,21H,11-15H2,1-2H3. The zero-order valence-corrected chi connectivity index (χ0v) is 16.5. The lowest BCUT2D eigenvalue weighted by Gasteiger charge is -2.35. The molecule has 27 heavy (non-hydrogen) atoms. The molecule has 146 valence electrons. The van der Waals surface area contributed by atoms with E-state index in [0.717, 1.165) is 30.0 Å². The SMILES string of the molecule is COc1ccccc1C(CNS(=O)(=O)c1ccccc1C)N1CCOCC1. The average molecular weight is 391 g/mol. The third-order valence-corrected chi connectivity index (χ3v) is 6.42. The van der Waals surface area contributed by atoms with Gasteiger partial charge in [-0.15, -0.1) is 0 Å². The molecule has 6 nitrogen and oxygen atoms in total. The molecule has 0 aromatic heterocycles. The van der Waals surface area contributed by atoms with Crippen molar-refractivity contribution >= 4 is 10.0 Å². The number of rotatable bonds is 7. The predicted octanol–water partition coefficient (Wildman–Crippen LogP) is 2.36. The minimum absolute atomic E-state index is 0.135. The highest BCUT2D eigenvalue weighted by Gasteiger charge is 2.27. The molecule has 7 heteroatoms. The molecule has 1 unspecified atom stereocenters. The number of hydrogen-bond acceptors (Lipinski definition) is 5. The van der Waals surface area contributed by atoms with Crippen molar-refractivity contribution in [3.63, 3.8) is 0 Å². The van der Waals surface area contributed by atoms with Crippen LogP contribution < -0.4 is 9.46 Å². The number of sulfonamides is 1. The first-order valence-corrected chi connectivity index (χ1v) is 10.5. The highest BCUT2D eigenvalue weighted by Crippen LogP contribution is 2.30. The van der Waals surface area contributed by atoms with E-state index in [-0.39, 0.29) is 12.6 Å². The Morgan fingerprint density at radius 1 is 1.11 bits per heavy atom. The number of ether oxygens (including phenoxy) is 2. The van der Waals surface area contributed by atoms with Crippen LogP contribution in [0.5, 0.6) is 5.75 Å². The van der Waals surface area contributed by atoms with E-state index in [2.05, 4.69) is 9.62 Å². The summed E-state index contributed by atoms with van der Waals surface area (Å²) in [6.45, 7) is 4.82. The molecule has 1 N–H and O–H groups in total. The Labute approximate surface area is 161 Å². The van der Waals surface area contributed by atoms with Gasteiger partial charge in [0.1, 0.15) is 5.75 Å². The number of benzene rings is 2.